The lowest BCUT2D eigenvalue weighted by atomic mass is 9.79. The van der Waals surface area contributed by atoms with Crippen molar-refractivity contribution in [2.45, 2.75) is 84.3 Å². The lowest BCUT2D eigenvalue weighted by molar-refractivity contribution is -0.163. The van der Waals surface area contributed by atoms with Gasteiger partial charge in [-0.3, -0.25) is 9.59 Å². The molecule has 2 amide bonds. The van der Waals surface area contributed by atoms with Gasteiger partial charge in [0.25, 0.3) is 0 Å². The predicted molar refractivity (Wildman–Crippen MR) is 100 cm³/mol. The molecule has 0 saturated carbocycles. The van der Waals surface area contributed by atoms with E-state index in [1.54, 1.807) is 11.1 Å². The third kappa shape index (κ3) is 3.14. The van der Waals surface area contributed by atoms with Crippen LogP contribution in [0.2, 0.25) is 0 Å². The molecule has 0 aliphatic carbocycles. The molecule has 0 aromatic carbocycles. The lowest BCUT2D eigenvalue weighted by Gasteiger charge is -2.52. The summed E-state index contributed by atoms with van der Waals surface area (Å²) in [5.74, 6) is 0.295. The molecule has 2 aliphatic heterocycles. The number of piperidine rings is 1. The number of carbonyl (C=O) groups excluding carboxylic acids is 2. The van der Waals surface area contributed by atoms with Gasteiger partial charge in [-0.25, -0.2) is 4.98 Å². The third-order valence-corrected chi connectivity index (χ3v) is 6.14. The Bertz CT molecular complexity index is 690. The van der Waals surface area contributed by atoms with E-state index in [-0.39, 0.29) is 28.9 Å². The van der Waals surface area contributed by atoms with Gasteiger partial charge >= 0.3 is 11.8 Å². The molecule has 1 aromatic rings. The fourth-order valence-electron chi connectivity index (χ4n) is 4.94. The highest BCUT2D eigenvalue weighted by atomic mass is 16.2. The average Bonchev–Trinajstić information content (AvgIpc) is 3.10. The Morgan fingerprint density at radius 2 is 1.77 bits per heavy atom. The quantitative estimate of drug-likeness (QED) is 0.782. The van der Waals surface area contributed by atoms with Crippen molar-refractivity contribution in [2.75, 3.05) is 6.54 Å². The van der Waals surface area contributed by atoms with Gasteiger partial charge in [0.1, 0.15) is 5.82 Å². The molecule has 0 unspecified atom stereocenters. The maximum atomic E-state index is 13.3. The number of aromatic nitrogens is 2. The van der Waals surface area contributed by atoms with Gasteiger partial charge in [-0.05, 0) is 66.2 Å². The molecule has 2 atom stereocenters. The highest BCUT2D eigenvalue weighted by Gasteiger charge is 2.49. The van der Waals surface area contributed by atoms with Crippen LogP contribution in [0.15, 0.2) is 6.20 Å². The van der Waals surface area contributed by atoms with Gasteiger partial charge < -0.3 is 14.8 Å². The summed E-state index contributed by atoms with van der Waals surface area (Å²) in [7, 11) is 0. The average molecular weight is 361 g/mol. The SMILES string of the molecule is Cc1cnc([C@@H]2[C@@H](C)CCN2C(=O)C(=O)N2C(C)(C)CCCC2(C)C)[nH]1. The maximum absolute atomic E-state index is 13.3. The number of aryl methyl sites for hydroxylation is 1. The summed E-state index contributed by atoms with van der Waals surface area (Å²) < 4.78 is 0. The molecule has 3 heterocycles. The van der Waals surface area contributed by atoms with Crippen LogP contribution in [0, 0.1) is 12.8 Å². The molecule has 2 fully saturated rings. The second-order valence-corrected chi connectivity index (χ2v) is 9.28. The highest BCUT2D eigenvalue weighted by Crippen LogP contribution is 2.40. The van der Waals surface area contributed by atoms with E-state index in [1.807, 2.05) is 11.8 Å². The Morgan fingerprint density at radius 3 is 2.31 bits per heavy atom. The first-order chi connectivity index (χ1) is 12.0. The lowest BCUT2D eigenvalue weighted by Crippen LogP contribution is -2.64. The number of rotatable bonds is 1. The molecule has 1 aromatic heterocycles. The van der Waals surface area contributed by atoms with Crippen LogP contribution in [-0.2, 0) is 9.59 Å². The van der Waals surface area contributed by atoms with E-state index in [0.717, 1.165) is 37.2 Å². The van der Waals surface area contributed by atoms with Crippen LogP contribution in [-0.4, -0.2) is 49.2 Å². The molecule has 1 N–H and O–H groups in total. The highest BCUT2D eigenvalue weighted by molar-refractivity contribution is 6.35. The van der Waals surface area contributed by atoms with E-state index in [9.17, 15) is 9.59 Å². The zero-order valence-electron chi connectivity index (χ0n) is 16.9. The molecular weight excluding hydrogens is 328 g/mol. The number of hydrogen-bond donors (Lipinski definition) is 1. The van der Waals surface area contributed by atoms with Gasteiger partial charge in [0.2, 0.25) is 0 Å². The second kappa shape index (κ2) is 6.39. The van der Waals surface area contributed by atoms with Crippen molar-refractivity contribution in [3.05, 3.63) is 17.7 Å². The Hall–Kier alpha value is -1.85. The summed E-state index contributed by atoms with van der Waals surface area (Å²) in [5, 5.41) is 0. The van der Waals surface area contributed by atoms with Crippen molar-refractivity contribution < 1.29 is 9.59 Å². The van der Waals surface area contributed by atoms with Crippen LogP contribution in [0.1, 0.15) is 77.9 Å². The minimum Gasteiger partial charge on any atom is -0.344 e. The van der Waals surface area contributed by atoms with E-state index in [1.165, 1.54) is 0 Å². The van der Waals surface area contributed by atoms with Crippen LogP contribution >= 0.6 is 0 Å². The summed E-state index contributed by atoms with van der Waals surface area (Å²) in [6.45, 7) is 12.9. The van der Waals surface area contributed by atoms with Gasteiger partial charge in [-0.15, -0.1) is 0 Å². The van der Waals surface area contributed by atoms with E-state index in [2.05, 4.69) is 44.6 Å². The molecule has 2 aliphatic rings. The Kier molecular flexibility index (Phi) is 4.65. The molecule has 3 rings (SSSR count). The normalized spacial score (nSPS) is 27.6. The van der Waals surface area contributed by atoms with Crippen molar-refractivity contribution in [2.24, 2.45) is 5.92 Å². The Morgan fingerprint density at radius 1 is 1.15 bits per heavy atom. The molecule has 6 heteroatoms. The smallest absolute Gasteiger partial charge is 0.313 e. The molecule has 6 nitrogen and oxygen atoms in total. The van der Waals surface area contributed by atoms with Crippen molar-refractivity contribution in [1.29, 1.82) is 0 Å². The summed E-state index contributed by atoms with van der Waals surface area (Å²) >= 11 is 0. The molecule has 144 valence electrons. The minimum atomic E-state index is -0.392. The third-order valence-electron chi connectivity index (χ3n) is 6.14. The fraction of sp³-hybridized carbons (Fsp3) is 0.750. The molecule has 0 spiro atoms. The maximum Gasteiger partial charge on any atom is 0.313 e. The number of imidazole rings is 1. The largest absolute Gasteiger partial charge is 0.344 e. The number of likely N-dealkylation sites (tertiary alicyclic amines) is 2. The first kappa shape index (κ1) is 18.9. The summed E-state index contributed by atoms with van der Waals surface area (Å²) in [6, 6.07) is -0.156. The Balaban J connectivity index is 1.88. The van der Waals surface area contributed by atoms with Gasteiger partial charge in [0, 0.05) is 29.5 Å². The standard InChI is InChI=1S/C20H32N4O2/c1-13-8-11-23(15(13)16-21-12-14(2)22-16)17(25)18(26)24-19(3,4)9-7-10-20(24,5)6/h12-13,15H,7-11H2,1-6H3,(H,21,22)/t13-,15-/m0/s1. The van der Waals surface area contributed by atoms with E-state index >= 15 is 0 Å². The van der Waals surface area contributed by atoms with E-state index < -0.39 is 5.91 Å². The van der Waals surface area contributed by atoms with Crippen LogP contribution in [0.4, 0.5) is 0 Å². The molecular formula is C20H32N4O2. The molecule has 26 heavy (non-hydrogen) atoms. The van der Waals surface area contributed by atoms with Crippen LogP contribution in [0.5, 0.6) is 0 Å². The van der Waals surface area contributed by atoms with Gasteiger partial charge in [-0.2, -0.15) is 0 Å². The van der Waals surface area contributed by atoms with Crippen LogP contribution in [0.3, 0.4) is 0 Å². The monoisotopic (exact) mass is 360 g/mol. The fourth-order valence-corrected chi connectivity index (χ4v) is 4.94. The van der Waals surface area contributed by atoms with E-state index in [4.69, 9.17) is 0 Å². The van der Waals surface area contributed by atoms with Crippen LogP contribution < -0.4 is 0 Å². The Labute approximate surface area is 156 Å². The van der Waals surface area contributed by atoms with Crippen molar-refractivity contribution in [3.8, 4) is 0 Å². The summed E-state index contributed by atoms with van der Waals surface area (Å²) in [6.07, 6.45) is 5.59. The summed E-state index contributed by atoms with van der Waals surface area (Å²) in [5.41, 5.74) is 0.351. The number of carbonyl (C=O) groups is 2. The zero-order valence-corrected chi connectivity index (χ0v) is 16.9. The second-order valence-electron chi connectivity index (χ2n) is 9.28. The van der Waals surface area contributed by atoms with Gasteiger partial charge in [0.05, 0.1) is 6.04 Å². The number of nitrogens with one attached hydrogen (secondary N) is 1. The van der Waals surface area contributed by atoms with Crippen LogP contribution in [0.25, 0.3) is 0 Å². The first-order valence-corrected chi connectivity index (χ1v) is 9.71. The van der Waals surface area contributed by atoms with Gasteiger partial charge in [-0.1, -0.05) is 6.92 Å². The predicted octanol–water partition coefficient (Wildman–Crippen LogP) is 3.20. The topological polar surface area (TPSA) is 69.3 Å². The number of H-pyrrole nitrogens is 1. The number of aromatic amines is 1. The van der Waals surface area contributed by atoms with E-state index in [0.29, 0.717) is 6.54 Å². The number of nitrogens with zero attached hydrogens (tertiary/aromatic N) is 3. The van der Waals surface area contributed by atoms with Crippen molar-refractivity contribution in [1.82, 2.24) is 19.8 Å². The number of hydrogen-bond acceptors (Lipinski definition) is 3. The summed E-state index contributed by atoms with van der Waals surface area (Å²) in [4.78, 5) is 37.8. The van der Waals surface area contributed by atoms with Crippen molar-refractivity contribution in [3.63, 3.8) is 0 Å². The first-order valence-electron chi connectivity index (χ1n) is 9.71. The van der Waals surface area contributed by atoms with Gasteiger partial charge in [0.15, 0.2) is 0 Å². The minimum absolute atomic E-state index is 0.156. The van der Waals surface area contributed by atoms with Crippen molar-refractivity contribution >= 4 is 11.8 Å². The molecule has 2 saturated heterocycles. The number of amides is 2. The zero-order chi connectivity index (χ0) is 19.3. The molecule has 0 radical (unpaired) electrons. The molecule has 0 bridgehead atoms.